The standard InChI is InChI=1S/C29H35N7O3S/c1-20-5-3-4-6-25(20)28(37)36-12-9-22-18-24(7-8-26(22)36)40(38,39)35-15-13-33(14-16-35)29-31-21(2)17-27(32-29)34-11-10-23(30)19-34/h3-8,17-18,23H,9-16,19,30H2,1-2H3/t23-/m1/s1. The van der Waals surface area contributed by atoms with E-state index in [1.807, 2.05) is 44.2 Å². The lowest BCUT2D eigenvalue weighted by atomic mass is 10.1. The average Bonchev–Trinajstić information content (AvgIpc) is 3.58. The Bertz CT molecular complexity index is 1550. The molecule has 2 fully saturated rings. The number of piperazine rings is 1. The van der Waals surface area contributed by atoms with Crippen molar-refractivity contribution in [2.45, 2.75) is 37.6 Å². The van der Waals surface area contributed by atoms with Crippen LogP contribution >= 0.6 is 0 Å². The van der Waals surface area contributed by atoms with Crippen LogP contribution < -0.4 is 20.4 Å². The number of carbonyl (C=O) groups is 1. The van der Waals surface area contributed by atoms with Crippen molar-refractivity contribution in [1.29, 1.82) is 0 Å². The number of carbonyl (C=O) groups excluding carboxylic acids is 1. The van der Waals surface area contributed by atoms with Crippen molar-refractivity contribution in [3.05, 3.63) is 70.9 Å². The van der Waals surface area contributed by atoms with E-state index in [0.29, 0.717) is 50.7 Å². The van der Waals surface area contributed by atoms with Gasteiger partial charge in [0.25, 0.3) is 5.91 Å². The van der Waals surface area contributed by atoms with Gasteiger partial charge in [0.1, 0.15) is 5.82 Å². The minimum atomic E-state index is -3.68. The molecule has 0 bridgehead atoms. The van der Waals surface area contributed by atoms with Gasteiger partial charge in [0.15, 0.2) is 0 Å². The number of rotatable bonds is 5. The predicted octanol–water partition coefficient (Wildman–Crippen LogP) is 2.34. The van der Waals surface area contributed by atoms with Crippen LogP contribution in [0.15, 0.2) is 53.4 Å². The Hall–Kier alpha value is -3.54. The first-order valence-corrected chi connectivity index (χ1v) is 15.3. The van der Waals surface area contributed by atoms with E-state index < -0.39 is 10.0 Å². The Balaban J connectivity index is 1.15. The Morgan fingerprint density at radius 3 is 2.42 bits per heavy atom. The summed E-state index contributed by atoms with van der Waals surface area (Å²) in [5, 5.41) is 0. The molecule has 0 saturated carbocycles. The van der Waals surface area contributed by atoms with Crippen LogP contribution in [-0.4, -0.2) is 80.5 Å². The Kier molecular flexibility index (Phi) is 6.97. The maximum Gasteiger partial charge on any atom is 0.258 e. The molecule has 0 spiro atoms. The van der Waals surface area contributed by atoms with Crippen molar-refractivity contribution < 1.29 is 13.2 Å². The molecule has 40 heavy (non-hydrogen) atoms. The second-order valence-electron chi connectivity index (χ2n) is 10.9. The second-order valence-corrected chi connectivity index (χ2v) is 12.8. The number of hydrogen-bond donors (Lipinski definition) is 1. The number of benzene rings is 2. The van der Waals surface area contributed by atoms with E-state index in [0.717, 1.165) is 47.8 Å². The zero-order valence-corrected chi connectivity index (χ0v) is 23.8. The number of hydrogen-bond acceptors (Lipinski definition) is 8. The van der Waals surface area contributed by atoms with Crippen molar-refractivity contribution in [3.8, 4) is 0 Å². The largest absolute Gasteiger partial charge is 0.355 e. The molecule has 0 unspecified atom stereocenters. The van der Waals surface area contributed by atoms with Crippen molar-refractivity contribution in [3.63, 3.8) is 0 Å². The minimum absolute atomic E-state index is 0.0577. The van der Waals surface area contributed by atoms with Gasteiger partial charge in [-0.3, -0.25) is 4.79 Å². The van der Waals surface area contributed by atoms with E-state index in [9.17, 15) is 13.2 Å². The first kappa shape index (κ1) is 26.7. The Labute approximate surface area is 235 Å². The summed E-state index contributed by atoms with van der Waals surface area (Å²) in [4.78, 5) is 28.9. The lowest BCUT2D eigenvalue weighted by Crippen LogP contribution is -2.49. The predicted molar refractivity (Wildman–Crippen MR) is 156 cm³/mol. The highest BCUT2D eigenvalue weighted by Gasteiger charge is 2.33. The number of nitrogens with two attached hydrogens (primary N) is 1. The summed E-state index contributed by atoms with van der Waals surface area (Å²) in [6.45, 7) is 7.77. The molecule has 11 heteroatoms. The Morgan fingerprint density at radius 1 is 0.925 bits per heavy atom. The van der Waals surface area contributed by atoms with Gasteiger partial charge in [-0.1, -0.05) is 18.2 Å². The SMILES string of the molecule is Cc1cc(N2CC[C@@H](N)C2)nc(N2CCN(S(=O)(=O)c3ccc4c(c3)CCN4C(=O)c3ccccc3C)CC2)n1. The van der Waals surface area contributed by atoms with E-state index in [1.54, 1.807) is 23.1 Å². The van der Waals surface area contributed by atoms with Crippen LogP contribution in [0.1, 0.15) is 33.6 Å². The van der Waals surface area contributed by atoms with Crippen LogP contribution in [0.5, 0.6) is 0 Å². The number of aromatic nitrogens is 2. The quantitative estimate of drug-likeness (QED) is 0.505. The molecule has 2 N–H and O–H groups in total. The molecule has 10 nitrogen and oxygen atoms in total. The number of sulfonamides is 1. The summed E-state index contributed by atoms with van der Waals surface area (Å²) in [6.07, 6.45) is 1.57. The van der Waals surface area contributed by atoms with Crippen molar-refractivity contribution in [2.24, 2.45) is 5.73 Å². The summed E-state index contributed by atoms with van der Waals surface area (Å²) in [7, 11) is -3.68. The number of fused-ring (bicyclic) bond motifs is 1. The molecule has 3 aromatic rings. The molecule has 4 heterocycles. The molecule has 1 atom stereocenters. The summed E-state index contributed by atoms with van der Waals surface area (Å²) < 4.78 is 28.7. The maximum absolute atomic E-state index is 13.6. The van der Waals surface area contributed by atoms with Crippen LogP contribution in [0.2, 0.25) is 0 Å². The number of amides is 1. The van der Waals surface area contributed by atoms with Crippen molar-refractivity contribution >= 4 is 33.4 Å². The molecule has 3 aliphatic heterocycles. The van der Waals surface area contributed by atoms with Crippen LogP contribution in [-0.2, 0) is 16.4 Å². The lowest BCUT2D eigenvalue weighted by Gasteiger charge is -2.34. The molecule has 210 valence electrons. The summed E-state index contributed by atoms with van der Waals surface area (Å²) in [5.74, 6) is 1.44. The third kappa shape index (κ3) is 4.93. The van der Waals surface area contributed by atoms with Gasteiger partial charge in [-0.25, -0.2) is 13.4 Å². The van der Waals surface area contributed by atoms with Crippen molar-refractivity contribution in [2.75, 3.05) is 60.5 Å². The lowest BCUT2D eigenvalue weighted by molar-refractivity contribution is 0.0989. The van der Waals surface area contributed by atoms with Gasteiger partial charge in [-0.15, -0.1) is 0 Å². The highest BCUT2D eigenvalue weighted by molar-refractivity contribution is 7.89. The topological polar surface area (TPSA) is 116 Å². The molecule has 0 aliphatic carbocycles. The van der Waals surface area contributed by atoms with Gasteiger partial charge < -0.3 is 20.4 Å². The molecule has 1 amide bonds. The van der Waals surface area contributed by atoms with Gasteiger partial charge in [0.2, 0.25) is 16.0 Å². The van der Waals surface area contributed by atoms with E-state index in [2.05, 4.69) is 14.8 Å². The molecule has 6 rings (SSSR count). The van der Waals surface area contributed by atoms with Crippen LogP contribution in [0, 0.1) is 13.8 Å². The second kappa shape index (κ2) is 10.5. The van der Waals surface area contributed by atoms with Crippen molar-refractivity contribution in [1.82, 2.24) is 14.3 Å². The molecule has 3 aliphatic rings. The van der Waals surface area contributed by atoms with Gasteiger partial charge in [0, 0.05) is 74.9 Å². The first-order valence-electron chi connectivity index (χ1n) is 13.8. The molecule has 2 saturated heterocycles. The minimum Gasteiger partial charge on any atom is -0.355 e. The number of aryl methyl sites for hydroxylation is 2. The summed E-state index contributed by atoms with van der Waals surface area (Å²) in [6, 6.07) is 14.8. The molecular formula is C29H35N7O3S. The fourth-order valence-electron chi connectivity index (χ4n) is 5.82. The average molecular weight is 562 g/mol. The molecule has 1 aromatic heterocycles. The van der Waals surface area contributed by atoms with Gasteiger partial charge >= 0.3 is 0 Å². The zero-order chi connectivity index (χ0) is 28.0. The van der Waals surface area contributed by atoms with E-state index in [1.165, 1.54) is 4.31 Å². The maximum atomic E-state index is 13.6. The van der Waals surface area contributed by atoms with Gasteiger partial charge in [-0.2, -0.15) is 9.29 Å². The normalized spacial score (nSPS) is 19.8. The summed E-state index contributed by atoms with van der Waals surface area (Å²) in [5.41, 5.74) is 10.2. The van der Waals surface area contributed by atoms with E-state index >= 15 is 0 Å². The van der Waals surface area contributed by atoms with Gasteiger partial charge in [-0.05, 0) is 62.1 Å². The monoisotopic (exact) mass is 561 g/mol. The Morgan fingerprint density at radius 2 is 1.70 bits per heavy atom. The number of nitrogens with zero attached hydrogens (tertiary/aromatic N) is 6. The fourth-order valence-corrected chi connectivity index (χ4v) is 7.29. The smallest absolute Gasteiger partial charge is 0.258 e. The zero-order valence-electron chi connectivity index (χ0n) is 23.0. The van der Waals surface area contributed by atoms with Crippen LogP contribution in [0.25, 0.3) is 0 Å². The van der Waals surface area contributed by atoms with E-state index in [4.69, 9.17) is 10.7 Å². The third-order valence-corrected chi connectivity index (χ3v) is 10.00. The highest BCUT2D eigenvalue weighted by atomic mass is 32.2. The molecule has 2 aromatic carbocycles. The van der Waals surface area contributed by atoms with E-state index in [-0.39, 0.29) is 16.8 Å². The highest BCUT2D eigenvalue weighted by Crippen LogP contribution is 2.33. The van der Waals surface area contributed by atoms with Gasteiger partial charge in [0.05, 0.1) is 4.90 Å². The molecule has 0 radical (unpaired) electrons. The molecular weight excluding hydrogens is 526 g/mol. The van der Waals surface area contributed by atoms with Crippen LogP contribution in [0.4, 0.5) is 17.5 Å². The third-order valence-electron chi connectivity index (χ3n) is 8.10. The number of anilines is 3. The first-order chi connectivity index (χ1) is 19.2. The fraction of sp³-hybridized carbons (Fsp3) is 0.414. The summed E-state index contributed by atoms with van der Waals surface area (Å²) >= 11 is 0. The van der Waals surface area contributed by atoms with Crippen LogP contribution in [0.3, 0.4) is 0 Å².